The molecule has 2 amide bonds. The second-order valence-corrected chi connectivity index (χ2v) is 5.72. The highest BCUT2D eigenvalue weighted by molar-refractivity contribution is 5.89. The number of amides is 2. The summed E-state index contributed by atoms with van der Waals surface area (Å²) in [5.41, 5.74) is 0.731. The predicted octanol–water partition coefficient (Wildman–Crippen LogP) is 1.83. The maximum absolute atomic E-state index is 12.1. The SMILES string of the molecule is COCC1(CNC(=O)Nc2cccc(OC)c2)CCNCC1. The van der Waals surface area contributed by atoms with Crippen molar-refractivity contribution >= 4 is 11.7 Å². The van der Waals surface area contributed by atoms with E-state index in [1.165, 1.54) is 0 Å². The zero-order valence-corrected chi connectivity index (χ0v) is 13.3. The van der Waals surface area contributed by atoms with Gasteiger partial charge in [0.2, 0.25) is 0 Å². The quantitative estimate of drug-likeness (QED) is 0.750. The minimum atomic E-state index is -0.206. The van der Waals surface area contributed by atoms with Crippen molar-refractivity contribution in [1.82, 2.24) is 10.6 Å². The van der Waals surface area contributed by atoms with Crippen molar-refractivity contribution in [2.24, 2.45) is 5.41 Å². The lowest BCUT2D eigenvalue weighted by atomic mass is 9.79. The third-order valence-corrected chi connectivity index (χ3v) is 4.07. The third kappa shape index (κ3) is 4.61. The van der Waals surface area contributed by atoms with Crippen LogP contribution < -0.4 is 20.7 Å². The van der Waals surface area contributed by atoms with E-state index in [1.807, 2.05) is 18.2 Å². The molecule has 0 aromatic heterocycles. The van der Waals surface area contributed by atoms with E-state index < -0.39 is 0 Å². The molecule has 1 aromatic rings. The Kier molecular flexibility index (Phi) is 6.03. The van der Waals surface area contributed by atoms with E-state index in [4.69, 9.17) is 9.47 Å². The number of methoxy groups -OCH3 is 2. The molecular weight excluding hydrogens is 282 g/mol. The molecule has 1 aromatic carbocycles. The second kappa shape index (κ2) is 8.00. The van der Waals surface area contributed by atoms with Crippen LogP contribution in [0, 0.1) is 5.41 Å². The second-order valence-electron chi connectivity index (χ2n) is 5.72. The van der Waals surface area contributed by atoms with Crippen LogP contribution in [0.25, 0.3) is 0 Å². The van der Waals surface area contributed by atoms with Crippen LogP contribution in [-0.4, -0.2) is 46.5 Å². The molecule has 0 bridgehead atoms. The van der Waals surface area contributed by atoms with Crippen LogP contribution in [0.3, 0.4) is 0 Å². The number of piperidine rings is 1. The molecule has 0 unspecified atom stereocenters. The summed E-state index contributed by atoms with van der Waals surface area (Å²) in [6, 6.07) is 7.09. The van der Waals surface area contributed by atoms with Crippen molar-refractivity contribution in [2.45, 2.75) is 12.8 Å². The van der Waals surface area contributed by atoms with Gasteiger partial charge in [-0.15, -0.1) is 0 Å². The predicted molar refractivity (Wildman–Crippen MR) is 86.4 cm³/mol. The molecule has 122 valence electrons. The summed E-state index contributed by atoms with van der Waals surface area (Å²) in [5.74, 6) is 0.715. The molecule has 22 heavy (non-hydrogen) atoms. The fraction of sp³-hybridized carbons (Fsp3) is 0.562. The zero-order valence-electron chi connectivity index (χ0n) is 13.3. The van der Waals surface area contributed by atoms with Crippen LogP contribution in [0.5, 0.6) is 5.75 Å². The van der Waals surface area contributed by atoms with Gasteiger partial charge in [-0.25, -0.2) is 4.79 Å². The monoisotopic (exact) mass is 307 g/mol. The minimum absolute atomic E-state index is 0.0196. The summed E-state index contributed by atoms with van der Waals surface area (Å²) in [6.07, 6.45) is 2.00. The number of anilines is 1. The van der Waals surface area contributed by atoms with Crippen molar-refractivity contribution in [1.29, 1.82) is 0 Å². The van der Waals surface area contributed by atoms with Crippen molar-refractivity contribution in [3.63, 3.8) is 0 Å². The van der Waals surface area contributed by atoms with Crippen LogP contribution in [0.1, 0.15) is 12.8 Å². The molecule has 1 fully saturated rings. The topological polar surface area (TPSA) is 71.6 Å². The summed E-state index contributed by atoms with van der Waals surface area (Å²) in [7, 11) is 3.31. The first kappa shape index (κ1) is 16.6. The fourth-order valence-corrected chi connectivity index (χ4v) is 2.78. The molecule has 0 radical (unpaired) electrons. The molecule has 6 nitrogen and oxygen atoms in total. The maximum atomic E-state index is 12.1. The Hall–Kier alpha value is -1.79. The molecule has 0 spiro atoms. The van der Waals surface area contributed by atoms with Gasteiger partial charge in [0.25, 0.3) is 0 Å². The molecule has 1 heterocycles. The van der Waals surface area contributed by atoms with Gasteiger partial charge in [-0.05, 0) is 38.1 Å². The van der Waals surface area contributed by atoms with Gasteiger partial charge in [0.1, 0.15) is 5.75 Å². The lowest BCUT2D eigenvalue weighted by Crippen LogP contribution is -2.47. The number of benzene rings is 1. The van der Waals surface area contributed by atoms with Crippen LogP contribution in [0.4, 0.5) is 10.5 Å². The van der Waals surface area contributed by atoms with E-state index in [0.29, 0.717) is 24.6 Å². The number of carbonyl (C=O) groups is 1. The Morgan fingerprint density at radius 2 is 2.09 bits per heavy atom. The van der Waals surface area contributed by atoms with Crippen molar-refractivity contribution < 1.29 is 14.3 Å². The summed E-state index contributed by atoms with van der Waals surface area (Å²) < 4.78 is 10.5. The van der Waals surface area contributed by atoms with E-state index in [9.17, 15) is 4.79 Å². The Morgan fingerprint density at radius 3 is 2.77 bits per heavy atom. The number of hydrogen-bond donors (Lipinski definition) is 3. The van der Waals surface area contributed by atoms with Crippen LogP contribution in [0.2, 0.25) is 0 Å². The lowest BCUT2D eigenvalue weighted by Gasteiger charge is -2.37. The highest BCUT2D eigenvalue weighted by Crippen LogP contribution is 2.28. The van der Waals surface area contributed by atoms with Gasteiger partial charge in [-0.3, -0.25) is 0 Å². The molecule has 3 N–H and O–H groups in total. The molecular formula is C16H25N3O3. The third-order valence-electron chi connectivity index (χ3n) is 4.07. The normalized spacial score (nSPS) is 16.8. The van der Waals surface area contributed by atoms with Crippen molar-refractivity contribution in [3.8, 4) is 5.75 Å². The van der Waals surface area contributed by atoms with Gasteiger partial charge in [-0.1, -0.05) is 6.07 Å². The van der Waals surface area contributed by atoms with E-state index >= 15 is 0 Å². The number of urea groups is 1. The molecule has 6 heteroatoms. The molecule has 1 saturated heterocycles. The highest BCUT2D eigenvalue weighted by atomic mass is 16.5. The minimum Gasteiger partial charge on any atom is -0.497 e. The van der Waals surface area contributed by atoms with E-state index in [0.717, 1.165) is 25.9 Å². The van der Waals surface area contributed by atoms with Crippen LogP contribution >= 0.6 is 0 Å². The molecule has 0 saturated carbocycles. The van der Waals surface area contributed by atoms with E-state index in [-0.39, 0.29) is 11.4 Å². The first-order valence-corrected chi connectivity index (χ1v) is 7.56. The number of nitrogens with one attached hydrogen (secondary N) is 3. The summed E-state index contributed by atoms with van der Waals surface area (Å²) >= 11 is 0. The lowest BCUT2D eigenvalue weighted by molar-refractivity contribution is 0.0558. The van der Waals surface area contributed by atoms with E-state index in [2.05, 4.69) is 16.0 Å². The average molecular weight is 307 g/mol. The number of hydrogen-bond acceptors (Lipinski definition) is 4. The maximum Gasteiger partial charge on any atom is 0.319 e. The molecule has 0 aliphatic carbocycles. The van der Waals surface area contributed by atoms with E-state index in [1.54, 1.807) is 20.3 Å². The highest BCUT2D eigenvalue weighted by Gasteiger charge is 2.32. The number of rotatable bonds is 6. The van der Waals surface area contributed by atoms with Gasteiger partial charge in [0.05, 0.1) is 13.7 Å². The van der Waals surface area contributed by atoms with Gasteiger partial charge in [0.15, 0.2) is 0 Å². The summed E-state index contributed by atoms with van der Waals surface area (Å²) in [6.45, 7) is 3.19. The first-order valence-electron chi connectivity index (χ1n) is 7.56. The summed E-state index contributed by atoms with van der Waals surface area (Å²) in [5, 5.41) is 9.13. The van der Waals surface area contributed by atoms with Gasteiger partial charge < -0.3 is 25.4 Å². The van der Waals surface area contributed by atoms with Gasteiger partial charge in [0, 0.05) is 30.8 Å². The van der Waals surface area contributed by atoms with Crippen molar-refractivity contribution in [2.75, 3.05) is 45.8 Å². The smallest absolute Gasteiger partial charge is 0.319 e. The molecule has 2 rings (SSSR count). The molecule has 1 aliphatic rings. The number of carbonyl (C=O) groups excluding carboxylic acids is 1. The fourth-order valence-electron chi connectivity index (χ4n) is 2.78. The van der Waals surface area contributed by atoms with Crippen LogP contribution in [0.15, 0.2) is 24.3 Å². The Bertz CT molecular complexity index is 482. The Labute approximate surface area is 131 Å². The average Bonchev–Trinajstić information content (AvgIpc) is 2.54. The molecule has 0 atom stereocenters. The van der Waals surface area contributed by atoms with Crippen LogP contribution in [-0.2, 0) is 4.74 Å². The largest absolute Gasteiger partial charge is 0.497 e. The van der Waals surface area contributed by atoms with Gasteiger partial charge >= 0.3 is 6.03 Å². The zero-order chi connectivity index (χ0) is 15.8. The number of ether oxygens (including phenoxy) is 2. The first-order chi connectivity index (χ1) is 10.7. The molecule has 1 aliphatic heterocycles. The standard InChI is InChI=1S/C16H25N3O3/c1-21-12-16(6-8-17-9-7-16)11-18-15(20)19-13-4-3-5-14(10-13)22-2/h3-5,10,17H,6-9,11-12H2,1-2H3,(H2,18,19,20). The summed E-state index contributed by atoms with van der Waals surface area (Å²) in [4.78, 5) is 12.1. The van der Waals surface area contributed by atoms with Crippen molar-refractivity contribution in [3.05, 3.63) is 24.3 Å². The Morgan fingerprint density at radius 1 is 1.32 bits per heavy atom. The Balaban J connectivity index is 1.87. The van der Waals surface area contributed by atoms with Gasteiger partial charge in [-0.2, -0.15) is 0 Å².